The summed E-state index contributed by atoms with van der Waals surface area (Å²) >= 11 is 0. The van der Waals surface area contributed by atoms with E-state index in [1.165, 1.54) is 0 Å². The van der Waals surface area contributed by atoms with E-state index >= 15 is 0 Å². The molecule has 0 aromatic carbocycles. The molecular weight excluding hydrogens is 568 g/mol. The van der Waals surface area contributed by atoms with Gasteiger partial charge in [-0.1, -0.05) is 50.7 Å². The Bertz CT molecular complexity index is 781. The molecule has 2 heterocycles. The molecule has 252 valence electrons. The lowest BCUT2D eigenvalue weighted by Crippen LogP contribution is -2.64. The maximum Gasteiger partial charge on any atom is 0.303 e. The van der Waals surface area contributed by atoms with Gasteiger partial charge in [-0.05, 0) is 45.4 Å². The van der Waals surface area contributed by atoms with Crippen molar-refractivity contribution in [3.8, 4) is 0 Å². The molecule has 13 nitrogen and oxygen atoms in total. The zero-order valence-electron chi connectivity index (χ0n) is 25.2. The third kappa shape index (κ3) is 13.0. The fourth-order valence-electron chi connectivity index (χ4n) is 5.29. The highest BCUT2D eigenvalue weighted by Crippen LogP contribution is 2.30. The number of aliphatic carboxylic acids is 1. The van der Waals surface area contributed by atoms with Gasteiger partial charge in [0.25, 0.3) is 0 Å². The van der Waals surface area contributed by atoms with Crippen molar-refractivity contribution in [3.63, 3.8) is 0 Å². The zero-order chi connectivity index (χ0) is 31.8. The first-order chi connectivity index (χ1) is 20.6. The lowest BCUT2D eigenvalue weighted by atomic mass is 9.97. The molecule has 0 aliphatic carbocycles. The van der Waals surface area contributed by atoms with Gasteiger partial charge < -0.3 is 59.8 Å². The average Bonchev–Trinajstić information content (AvgIpc) is 2.98. The van der Waals surface area contributed by atoms with E-state index in [4.69, 9.17) is 24.1 Å². The lowest BCUT2D eigenvalue weighted by molar-refractivity contribution is -0.371. The van der Waals surface area contributed by atoms with E-state index in [0.717, 1.165) is 70.6 Å². The molecule has 0 spiro atoms. The molecular formula is C30H54O13. The summed E-state index contributed by atoms with van der Waals surface area (Å²) in [5, 5.41) is 79.2. The number of ether oxygens (including phenoxy) is 4. The Morgan fingerprint density at radius 1 is 0.698 bits per heavy atom. The first kappa shape index (κ1) is 38.0. The summed E-state index contributed by atoms with van der Waals surface area (Å²) in [6.07, 6.45) is 1.48. The molecule has 0 aromatic heterocycles. The van der Waals surface area contributed by atoms with E-state index in [1.54, 1.807) is 0 Å². The topological polar surface area (TPSA) is 216 Å². The van der Waals surface area contributed by atoms with Crippen LogP contribution in [0.15, 0.2) is 12.2 Å². The normalized spacial score (nSPS) is 34.0. The fraction of sp³-hybridized carbons (Fsp3) is 0.900. The quantitative estimate of drug-likeness (QED) is 0.0655. The van der Waals surface area contributed by atoms with Gasteiger partial charge in [0, 0.05) is 6.42 Å². The molecule has 8 N–H and O–H groups in total. The molecule has 43 heavy (non-hydrogen) atoms. The summed E-state index contributed by atoms with van der Waals surface area (Å²) < 4.78 is 22.7. The van der Waals surface area contributed by atoms with Gasteiger partial charge >= 0.3 is 5.97 Å². The Hall–Kier alpha value is -1.23. The van der Waals surface area contributed by atoms with Crippen LogP contribution in [-0.2, 0) is 23.7 Å². The van der Waals surface area contributed by atoms with Crippen molar-refractivity contribution in [1.82, 2.24) is 0 Å². The Kier molecular flexibility index (Phi) is 18.3. The number of unbranched alkanes of at least 4 members (excludes halogenated alkanes) is 9. The molecule has 0 amide bonds. The van der Waals surface area contributed by atoms with Crippen molar-refractivity contribution in [2.24, 2.45) is 0 Å². The van der Waals surface area contributed by atoms with Crippen molar-refractivity contribution in [3.05, 3.63) is 12.2 Å². The Balaban J connectivity index is 1.71. The van der Waals surface area contributed by atoms with Crippen molar-refractivity contribution in [1.29, 1.82) is 0 Å². The molecule has 2 fully saturated rings. The zero-order valence-corrected chi connectivity index (χ0v) is 25.2. The number of aliphatic hydroxyl groups excluding tert-OH is 7. The summed E-state index contributed by atoms with van der Waals surface area (Å²) in [5.74, 6) is -0.727. The number of aliphatic hydroxyl groups is 7. The minimum absolute atomic E-state index is 0.255. The van der Waals surface area contributed by atoms with Crippen LogP contribution in [0, 0.1) is 0 Å². The van der Waals surface area contributed by atoms with E-state index in [-0.39, 0.29) is 12.5 Å². The highest BCUT2D eigenvalue weighted by molar-refractivity contribution is 5.66. The summed E-state index contributed by atoms with van der Waals surface area (Å²) in [5.41, 5.74) is 0. The van der Waals surface area contributed by atoms with Crippen molar-refractivity contribution in [2.75, 3.05) is 13.2 Å². The standard InChI is InChI=1S/C30H54O13/c1-19(15-13-11-9-7-5-3-2-4-6-8-10-12-14-16-22(33)34)40-30-28(26(38)24(36)21(18-32)42-30)43-29-27(39)25(37)23(35)20(17-31)41-29/h2-3,19-21,23-32,35-39H,4-18H2,1H3,(H,33,34)/b3-2-/t19-,20+,21+,23+,24+,25-,26-,27+,28+,29-,30+/m0/s1. The molecule has 0 bridgehead atoms. The monoisotopic (exact) mass is 622 g/mol. The van der Waals surface area contributed by atoms with Crippen molar-refractivity contribution < 1.29 is 64.6 Å². The second-order valence-electron chi connectivity index (χ2n) is 11.6. The summed E-state index contributed by atoms with van der Waals surface area (Å²) in [7, 11) is 0. The van der Waals surface area contributed by atoms with Crippen LogP contribution in [0.3, 0.4) is 0 Å². The fourth-order valence-corrected chi connectivity index (χ4v) is 5.29. The van der Waals surface area contributed by atoms with Gasteiger partial charge in [0.2, 0.25) is 0 Å². The minimum Gasteiger partial charge on any atom is -0.481 e. The first-order valence-corrected chi connectivity index (χ1v) is 15.7. The van der Waals surface area contributed by atoms with Crippen molar-refractivity contribution in [2.45, 2.75) is 158 Å². The highest BCUT2D eigenvalue weighted by atomic mass is 16.8. The van der Waals surface area contributed by atoms with Gasteiger partial charge in [-0.2, -0.15) is 0 Å². The number of hydrogen-bond acceptors (Lipinski definition) is 12. The number of allylic oxidation sites excluding steroid dienone is 2. The molecule has 0 aromatic rings. The van der Waals surface area contributed by atoms with E-state index in [0.29, 0.717) is 6.42 Å². The van der Waals surface area contributed by atoms with Gasteiger partial charge in [0.1, 0.15) is 48.8 Å². The highest BCUT2D eigenvalue weighted by Gasteiger charge is 2.51. The van der Waals surface area contributed by atoms with Crippen LogP contribution in [-0.4, -0.2) is 128 Å². The summed E-state index contributed by atoms with van der Waals surface area (Å²) in [6.45, 7) is 0.590. The Labute approximate surface area is 254 Å². The van der Waals surface area contributed by atoms with E-state index in [1.807, 2.05) is 6.92 Å². The van der Waals surface area contributed by atoms with E-state index in [9.17, 15) is 40.5 Å². The average molecular weight is 623 g/mol. The number of rotatable bonds is 21. The number of carbonyl (C=O) groups is 1. The van der Waals surface area contributed by atoms with Crippen LogP contribution in [0.1, 0.15) is 90.4 Å². The van der Waals surface area contributed by atoms with Gasteiger partial charge in [0.05, 0.1) is 19.3 Å². The van der Waals surface area contributed by atoms with E-state index < -0.39 is 80.6 Å². The van der Waals surface area contributed by atoms with Gasteiger partial charge in [-0.25, -0.2) is 0 Å². The molecule has 2 rings (SSSR count). The molecule has 0 radical (unpaired) electrons. The van der Waals surface area contributed by atoms with Crippen LogP contribution < -0.4 is 0 Å². The predicted octanol–water partition coefficient (Wildman–Crippen LogP) is 0.728. The summed E-state index contributed by atoms with van der Waals surface area (Å²) in [4.78, 5) is 10.5. The minimum atomic E-state index is -1.72. The SMILES string of the molecule is C[C@@H](CCCCCC/C=C\CCCCCCCC(=O)O)O[C@@H]1O[C@H](CO)[C@@H](O)[C@H](O)[C@H]1O[C@@H]1O[C@H](CO)[C@@H](O)[C@H](O)[C@H]1O. The number of carboxylic acid groups (broad SMARTS) is 1. The lowest BCUT2D eigenvalue weighted by Gasteiger charge is -2.46. The smallest absolute Gasteiger partial charge is 0.303 e. The van der Waals surface area contributed by atoms with Gasteiger partial charge in [0.15, 0.2) is 12.6 Å². The van der Waals surface area contributed by atoms with Crippen LogP contribution >= 0.6 is 0 Å². The maximum atomic E-state index is 10.7. The molecule has 0 unspecified atom stereocenters. The van der Waals surface area contributed by atoms with Crippen LogP contribution in [0.5, 0.6) is 0 Å². The molecule has 11 atom stereocenters. The third-order valence-corrected chi connectivity index (χ3v) is 7.99. The molecule has 13 heteroatoms. The largest absolute Gasteiger partial charge is 0.481 e. The van der Waals surface area contributed by atoms with Crippen LogP contribution in [0.2, 0.25) is 0 Å². The van der Waals surface area contributed by atoms with Crippen LogP contribution in [0.25, 0.3) is 0 Å². The molecule has 2 saturated heterocycles. The third-order valence-electron chi connectivity index (χ3n) is 7.99. The second-order valence-corrected chi connectivity index (χ2v) is 11.6. The molecule has 2 aliphatic rings. The van der Waals surface area contributed by atoms with Gasteiger partial charge in [-0.15, -0.1) is 0 Å². The predicted molar refractivity (Wildman–Crippen MR) is 154 cm³/mol. The molecule has 0 saturated carbocycles. The Morgan fingerprint density at radius 2 is 1.21 bits per heavy atom. The van der Waals surface area contributed by atoms with Crippen molar-refractivity contribution >= 4 is 5.97 Å². The maximum absolute atomic E-state index is 10.7. The molecule has 2 aliphatic heterocycles. The van der Waals surface area contributed by atoms with Gasteiger partial charge in [-0.3, -0.25) is 4.79 Å². The van der Waals surface area contributed by atoms with E-state index in [2.05, 4.69) is 12.2 Å². The van der Waals surface area contributed by atoms with Crippen LogP contribution in [0.4, 0.5) is 0 Å². The second kappa shape index (κ2) is 20.7. The number of carboxylic acids is 1. The number of hydrogen-bond donors (Lipinski definition) is 8. The first-order valence-electron chi connectivity index (χ1n) is 15.7. The Morgan fingerprint density at radius 3 is 1.79 bits per heavy atom. The summed E-state index contributed by atoms with van der Waals surface area (Å²) in [6, 6.07) is 0.